The molecule has 0 unspecified atom stereocenters. The number of rotatable bonds is 2. The second-order valence-corrected chi connectivity index (χ2v) is 5.85. The average molecular weight is 282 g/mol. The number of nitrogen functional groups attached to an aromatic ring is 1. The highest BCUT2D eigenvalue weighted by molar-refractivity contribution is 6.09. The normalized spacial score (nSPS) is 15.2. The quantitative estimate of drug-likeness (QED) is 0.657. The number of aromatic nitrogens is 1. The number of aryl methyl sites for hydroxylation is 2. The fourth-order valence-electron chi connectivity index (χ4n) is 3.18. The molecule has 1 aromatic heterocycles. The van der Waals surface area contributed by atoms with Crippen LogP contribution in [0.5, 0.6) is 0 Å². The van der Waals surface area contributed by atoms with Crippen molar-refractivity contribution in [1.82, 2.24) is 9.88 Å². The van der Waals surface area contributed by atoms with Gasteiger partial charge in [0.1, 0.15) is 5.84 Å². The minimum atomic E-state index is 0.153. The maximum absolute atomic E-state index is 8.04. The molecule has 0 saturated heterocycles. The van der Waals surface area contributed by atoms with Crippen LogP contribution in [0, 0.1) is 19.3 Å². The molecule has 0 saturated carbocycles. The largest absolute Gasteiger partial charge is 0.384 e. The van der Waals surface area contributed by atoms with E-state index >= 15 is 0 Å². The number of hydrogen-bond donors (Lipinski definition) is 2. The number of hydrogen-bond acceptors (Lipinski definition) is 3. The van der Waals surface area contributed by atoms with Gasteiger partial charge in [0.05, 0.1) is 5.52 Å². The fourth-order valence-corrected chi connectivity index (χ4v) is 3.18. The Morgan fingerprint density at radius 2 is 2.14 bits per heavy atom. The van der Waals surface area contributed by atoms with Gasteiger partial charge in [-0.15, -0.1) is 0 Å². The summed E-state index contributed by atoms with van der Waals surface area (Å²) >= 11 is 0. The Hall–Kier alpha value is -1.94. The van der Waals surface area contributed by atoms with Crippen molar-refractivity contribution in [3.8, 4) is 0 Å². The molecule has 1 aliphatic rings. The molecule has 4 heteroatoms. The van der Waals surface area contributed by atoms with E-state index in [1.165, 1.54) is 11.1 Å². The van der Waals surface area contributed by atoms with Gasteiger partial charge in [0.25, 0.3) is 0 Å². The highest BCUT2D eigenvalue weighted by Crippen LogP contribution is 2.30. The van der Waals surface area contributed by atoms with Crippen LogP contribution in [-0.2, 0) is 13.0 Å². The van der Waals surface area contributed by atoms with Gasteiger partial charge in [0.15, 0.2) is 0 Å². The number of fused-ring (bicyclic) bond motifs is 2. The van der Waals surface area contributed by atoms with Crippen molar-refractivity contribution in [3.05, 3.63) is 40.1 Å². The van der Waals surface area contributed by atoms with E-state index in [0.717, 1.165) is 53.8 Å². The van der Waals surface area contributed by atoms with Crippen molar-refractivity contribution >= 4 is 16.7 Å². The van der Waals surface area contributed by atoms with Crippen LogP contribution >= 0.6 is 0 Å². The van der Waals surface area contributed by atoms with Crippen molar-refractivity contribution in [1.29, 1.82) is 5.41 Å². The molecule has 0 spiro atoms. The number of likely N-dealkylation sites (N-methyl/N-ethyl adjacent to an activating group) is 1. The van der Waals surface area contributed by atoms with Crippen molar-refractivity contribution in [2.75, 3.05) is 13.1 Å². The number of nitrogens with one attached hydrogen (secondary N) is 1. The van der Waals surface area contributed by atoms with Crippen LogP contribution in [0.2, 0.25) is 0 Å². The maximum Gasteiger partial charge on any atom is 0.123 e. The van der Waals surface area contributed by atoms with Crippen LogP contribution in [0.4, 0.5) is 0 Å². The second-order valence-electron chi connectivity index (χ2n) is 5.85. The van der Waals surface area contributed by atoms with Crippen molar-refractivity contribution in [3.63, 3.8) is 0 Å². The second kappa shape index (κ2) is 5.11. The van der Waals surface area contributed by atoms with Crippen molar-refractivity contribution in [2.45, 2.75) is 33.7 Å². The summed E-state index contributed by atoms with van der Waals surface area (Å²) in [6, 6.07) is 4.16. The van der Waals surface area contributed by atoms with Gasteiger partial charge in [-0.2, -0.15) is 0 Å². The summed E-state index contributed by atoms with van der Waals surface area (Å²) in [7, 11) is 0. The van der Waals surface area contributed by atoms with Gasteiger partial charge in [-0.25, -0.2) is 0 Å². The molecule has 2 aromatic rings. The Kier molecular flexibility index (Phi) is 3.41. The first-order valence-corrected chi connectivity index (χ1v) is 7.51. The molecule has 0 radical (unpaired) electrons. The third-order valence-electron chi connectivity index (χ3n) is 4.63. The molecule has 0 aliphatic carbocycles. The molecule has 0 atom stereocenters. The summed E-state index contributed by atoms with van der Waals surface area (Å²) in [6.07, 6.45) is 0.937. The van der Waals surface area contributed by atoms with Gasteiger partial charge in [-0.3, -0.25) is 15.3 Å². The van der Waals surface area contributed by atoms with Crippen LogP contribution in [-0.4, -0.2) is 28.8 Å². The van der Waals surface area contributed by atoms with Gasteiger partial charge in [0.2, 0.25) is 0 Å². The van der Waals surface area contributed by atoms with Gasteiger partial charge < -0.3 is 5.73 Å². The lowest BCUT2D eigenvalue weighted by atomic mass is 9.93. The minimum absolute atomic E-state index is 0.153. The number of nitrogens with zero attached hydrogens (tertiary/aromatic N) is 2. The third-order valence-corrected chi connectivity index (χ3v) is 4.63. The van der Waals surface area contributed by atoms with Crippen LogP contribution < -0.4 is 5.73 Å². The van der Waals surface area contributed by atoms with Crippen LogP contribution in [0.15, 0.2) is 12.1 Å². The molecule has 2 heterocycles. The maximum atomic E-state index is 8.04. The molecule has 3 rings (SSSR count). The molecule has 0 bridgehead atoms. The van der Waals surface area contributed by atoms with Crippen LogP contribution in [0.3, 0.4) is 0 Å². The molecule has 1 aromatic carbocycles. The van der Waals surface area contributed by atoms with Gasteiger partial charge in [-0.1, -0.05) is 19.1 Å². The molecular weight excluding hydrogens is 260 g/mol. The molecule has 1 aliphatic heterocycles. The van der Waals surface area contributed by atoms with Crippen LogP contribution in [0.1, 0.15) is 34.9 Å². The summed E-state index contributed by atoms with van der Waals surface area (Å²) in [5, 5.41) is 9.05. The molecular formula is C17H22N4. The van der Waals surface area contributed by atoms with E-state index in [1.54, 1.807) is 0 Å². The summed E-state index contributed by atoms with van der Waals surface area (Å²) in [6.45, 7) is 9.26. The number of pyridine rings is 1. The predicted molar refractivity (Wildman–Crippen MR) is 86.9 cm³/mol. The Balaban J connectivity index is 2.34. The number of amidine groups is 1. The number of benzene rings is 1. The van der Waals surface area contributed by atoms with E-state index in [0.29, 0.717) is 0 Å². The summed E-state index contributed by atoms with van der Waals surface area (Å²) in [5.74, 6) is 0.153. The van der Waals surface area contributed by atoms with E-state index in [4.69, 9.17) is 16.1 Å². The lowest BCUT2D eigenvalue weighted by Gasteiger charge is -2.29. The lowest BCUT2D eigenvalue weighted by Crippen LogP contribution is -2.33. The smallest absolute Gasteiger partial charge is 0.123 e. The lowest BCUT2D eigenvalue weighted by molar-refractivity contribution is 0.266. The Morgan fingerprint density at radius 3 is 2.81 bits per heavy atom. The zero-order valence-electron chi connectivity index (χ0n) is 13.0. The fraction of sp³-hybridized carbons (Fsp3) is 0.412. The Bertz CT molecular complexity index is 733. The standard InChI is InChI=1S/C17H22N4/c1-4-21-8-7-14-13(9-21)15(17(18)19)12-6-5-10(2)11(3)16(12)20-14/h5-6H,4,7-9H2,1-3H3,(H3,18,19). The highest BCUT2D eigenvalue weighted by Gasteiger charge is 2.23. The summed E-state index contributed by atoms with van der Waals surface area (Å²) in [5.41, 5.74) is 12.5. The SMILES string of the molecule is CCN1CCc2nc3c(C)c(C)ccc3c(C(=N)N)c2C1. The molecule has 0 amide bonds. The van der Waals surface area contributed by atoms with Crippen LogP contribution in [0.25, 0.3) is 10.9 Å². The zero-order chi connectivity index (χ0) is 15.1. The van der Waals surface area contributed by atoms with E-state index in [9.17, 15) is 0 Å². The van der Waals surface area contributed by atoms with E-state index < -0.39 is 0 Å². The van der Waals surface area contributed by atoms with Crippen molar-refractivity contribution in [2.24, 2.45) is 5.73 Å². The molecule has 110 valence electrons. The zero-order valence-corrected chi connectivity index (χ0v) is 13.0. The first-order valence-electron chi connectivity index (χ1n) is 7.51. The predicted octanol–water partition coefficient (Wildman–Crippen LogP) is 2.51. The monoisotopic (exact) mass is 282 g/mol. The van der Waals surface area contributed by atoms with E-state index in [2.05, 4.69) is 37.8 Å². The van der Waals surface area contributed by atoms with E-state index in [-0.39, 0.29) is 5.84 Å². The van der Waals surface area contributed by atoms with Gasteiger partial charge in [-0.05, 0) is 37.1 Å². The topological polar surface area (TPSA) is 66.0 Å². The number of nitrogens with two attached hydrogens (primary N) is 1. The first kappa shape index (κ1) is 14.0. The minimum Gasteiger partial charge on any atom is -0.384 e. The van der Waals surface area contributed by atoms with E-state index in [1.807, 2.05) is 0 Å². The first-order chi connectivity index (χ1) is 10.0. The highest BCUT2D eigenvalue weighted by atomic mass is 15.1. The molecule has 21 heavy (non-hydrogen) atoms. The van der Waals surface area contributed by atoms with Gasteiger partial charge >= 0.3 is 0 Å². The Labute approximate surface area is 125 Å². The molecule has 4 nitrogen and oxygen atoms in total. The molecule has 3 N–H and O–H groups in total. The van der Waals surface area contributed by atoms with Crippen molar-refractivity contribution < 1.29 is 0 Å². The average Bonchev–Trinajstić information content (AvgIpc) is 2.48. The summed E-state index contributed by atoms with van der Waals surface area (Å²) in [4.78, 5) is 7.29. The Morgan fingerprint density at radius 1 is 1.38 bits per heavy atom. The molecule has 0 fully saturated rings. The third kappa shape index (κ3) is 2.20. The summed E-state index contributed by atoms with van der Waals surface area (Å²) < 4.78 is 0. The van der Waals surface area contributed by atoms with Gasteiger partial charge in [0, 0.05) is 36.2 Å².